The molecule has 2 unspecified atom stereocenters. The van der Waals surface area contributed by atoms with Gasteiger partial charge < -0.3 is 10.1 Å². The molecule has 0 saturated carbocycles. The Morgan fingerprint density at radius 3 is 2.63 bits per heavy atom. The second-order valence-electron chi connectivity index (χ2n) is 6.88. The van der Waals surface area contributed by atoms with Crippen LogP contribution in [0.4, 0.5) is 0 Å². The first-order chi connectivity index (χ1) is 8.88. The monoisotopic (exact) mass is 261 g/mol. The highest BCUT2D eigenvalue weighted by atomic mass is 16.5. The molecule has 0 bridgehead atoms. The molecule has 0 amide bonds. The SMILES string of the molecule is Cc1ccc(OC2CCNCC2C)c(C(C)(C)C)c1. The van der Waals surface area contributed by atoms with Crippen molar-refractivity contribution in [3.05, 3.63) is 29.3 Å². The van der Waals surface area contributed by atoms with Crippen molar-refractivity contribution in [2.45, 2.75) is 52.6 Å². The van der Waals surface area contributed by atoms with Crippen LogP contribution >= 0.6 is 0 Å². The molecule has 1 heterocycles. The van der Waals surface area contributed by atoms with Crippen molar-refractivity contribution in [2.24, 2.45) is 5.92 Å². The summed E-state index contributed by atoms with van der Waals surface area (Å²) in [5, 5.41) is 3.42. The molecule has 0 aliphatic carbocycles. The maximum atomic E-state index is 6.34. The molecule has 19 heavy (non-hydrogen) atoms. The van der Waals surface area contributed by atoms with Crippen LogP contribution in [-0.4, -0.2) is 19.2 Å². The third-order valence-corrected chi connectivity index (χ3v) is 3.93. The van der Waals surface area contributed by atoms with E-state index in [9.17, 15) is 0 Å². The fourth-order valence-electron chi connectivity index (χ4n) is 2.66. The lowest BCUT2D eigenvalue weighted by molar-refractivity contribution is 0.109. The van der Waals surface area contributed by atoms with E-state index in [1.54, 1.807) is 0 Å². The Bertz CT molecular complexity index is 433. The molecule has 0 aromatic heterocycles. The van der Waals surface area contributed by atoms with E-state index in [0.717, 1.165) is 25.3 Å². The summed E-state index contributed by atoms with van der Waals surface area (Å²) in [4.78, 5) is 0. The third kappa shape index (κ3) is 3.50. The summed E-state index contributed by atoms with van der Waals surface area (Å²) in [5.74, 6) is 1.64. The van der Waals surface area contributed by atoms with Crippen LogP contribution in [0.25, 0.3) is 0 Å². The number of hydrogen-bond donors (Lipinski definition) is 1. The Morgan fingerprint density at radius 2 is 2.00 bits per heavy atom. The fraction of sp³-hybridized carbons (Fsp3) is 0.647. The zero-order valence-electron chi connectivity index (χ0n) is 12.9. The first-order valence-corrected chi connectivity index (χ1v) is 7.36. The minimum atomic E-state index is 0.123. The second-order valence-corrected chi connectivity index (χ2v) is 6.88. The molecule has 106 valence electrons. The van der Waals surface area contributed by atoms with Crippen molar-refractivity contribution in [1.82, 2.24) is 5.32 Å². The first-order valence-electron chi connectivity index (χ1n) is 7.36. The van der Waals surface area contributed by atoms with Gasteiger partial charge in [0.2, 0.25) is 0 Å². The van der Waals surface area contributed by atoms with E-state index in [2.05, 4.69) is 58.1 Å². The van der Waals surface area contributed by atoms with Gasteiger partial charge in [-0.15, -0.1) is 0 Å². The first kappa shape index (κ1) is 14.4. The topological polar surface area (TPSA) is 21.3 Å². The number of aryl methyl sites for hydroxylation is 1. The van der Waals surface area contributed by atoms with Crippen LogP contribution in [0.3, 0.4) is 0 Å². The zero-order chi connectivity index (χ0) is 14.0. The number of ether oxygens (including phenoxy) is 1. The summed E-state index contributed by atoms with van der Waals surface area (Å²) in [7, 11) is 0. The average Bonchev–Trinajstić information content (AvgIpc) is 2.33. The van der Waals surface area contributed by atoms with Gasteiger partial charge in [-0.2, -0.15) is 0 Å². The number of nitrogens with one attached hydrogen (secondary N) is 1. The quantitative estimate of drug-likeness (QED) is 0.877. The van der Waals surface area contributed by atoms with Gasteiger partial charge in [0.05, 0.1) is 0 Å². The fourth-order valence-corrected chi connectivity index (χ4v) is 2.66. The molecule has 1 fully saturated rings. The summed E-state index contributed by atoms with van der Waals surface area (Å²) >= 11 is 0. The number of benzene rings is 1. The van der Waals surface area contributed by atoms with Crippen LogP contribution in [0.5, 0.6) is 5.75 Å². The summed E-state index contributed by atoms with van der Waals surface area (Å²) in [6.07, 6.45) is 1.43. The van der Waals surface area contributed by atoms with Crippen molar-refractivity contribution >= 4 is 0 Å². The molecule has 0 radical (unpaired) electrons. The van der Waals surface area contributed by atoms with Gasteiger partial charge in [0, 0.05) is 12.5 Å². The van der Waals surface area contributed by atoms with E-state index in [4.69, 9.17) is 4.74 Å². The van der Waals surface area contributed by atoms with Gasteiger partial charge in [0.15, 0.2) is 0 Å². The summed E-state index contributed by atoms with van der Waals surface area (Å²) in [5.41, 5.74) is 2.74. The predicted molar refractivity (Wildman–Crippen MR) is 80.9 cm³/mol. The molecule has 1 N–H and O–H groups in total. The maximum Gasteiger partial charge on any atom is 0.123 e. The molecule has 0 spiro atoms. The van der Waals surface area contributed by atoms with Gasteiger partial charge in [-0.1, -0.05) is 45.4 Å². The van der Waals surface area contributed by atoms with E-state index < -0.39 is 0 Å². The highest BCUT2D eigenvalue weighted by Gasteiger charge is 2.26. The minimum absolute atomic E-state index is 0.123. The van der Waals surface area contributed by atoms with Gasteiger partial charge in [-0.25, -0.2) is 0 Å². The Labute approximate surface area is 117 Å². The average molecular weight is 261 g/mol. The van der Waals surface area contributed by atoms with Crippen LogP contribution in [0.1, 0.15) is 45.2 Å². The van der Waals surface area contributed by atoms with Crippen LogP contribution in [-0.2, 0) is 5.41 Å². The Kier molecular flexibility index (Phi) is 4.19. The van der Waals surface area contributed by atoms with E-state index in [-0.39, 0.29) is 5.41 Å². The molecule has 1 aliphatic heterocycles. The predicted octanol–water partition coefficient (Wildman–Crippen LogP) is 3.67. The molecule has 1 aromatic carbocycles. The molecule has 2 rings (SSSR count). The third-order valence-electron chi connectivity index (χ3n) is 3.93. The number of hydrogen-bond acceptors (Lipinski definition) is 2. The Morgan fingerprint density at radius 1 is 1.26 bits per heavy atom. The molecule has 1 saturated heterocycles. The second kappa shape index (κ2) is 5.54. The van der Waals surface area contributed by atoms with E-state index in [0.29, 0.717) is 12.0 Å². The van der Waals surface area contributed by atoms with Crippen LogP contribution < -0.4 is 10.1 Å². The van der Waals surface area contributed by atoms with E-state index >= 15 is 0 Å². The lowest BCUT2D eigenvalue weighted by atomic mass is 9.85. The van der Waals surface area contributed by atoms with Crippen molar-refractivity contribution in [3.8, 4) is 5.75 Å². The van der Waals surface area contributed by atoms with E-state index in [1.165, 1.54) is 11.1 Å². The number of piperidine rings is 1. The molecule has 1 aromatic rings. The Balaban J connectivity index is 2.24. The molecular weight excluding hydrogens is 234 g/mol. The molecule has 1 aliphatic rings. The van der Waals surface area contributed by atoms with Crippen LogP contribution in [0, 0.1) is 12.8 Å². The summed E-state index contributed by atoms with van der Waals surface area (Å²) < 4.78 is 6.34. The number of rotatable bonds is 2. The molecule has 2 heteroatoms. The van der Waals surface area contributed by atoms with Gasteiger partial charge in [0.1, 0.15) is 11.9 Å². The lowest BCUT2D eigenvalue weighted by Crippen LogP contribution is -2.41. The maximum absolute atomic E-state index is 6.34. The molecule has 2 nitrogen and oxygen atoms in total. The van der Waals surface area contributed by atoms with Gasteiger partial charge in [-0.05, 0) is 36.9 Å². The summed E-state index contributed by atoms with van der Waals surface area (Å²) in [6, 6.07) is 6.56. The van der Waals surface area contributed by atoms with Gasteiger partial charge in [-0.3, -0.25) is 0 Å². The summed E-state index contributed by atoms with van der Waals surface area (Å²) in [6.45, 7) is 13.3. The Hall–Kier alpha value is -1.02. The highest BCUT2D eigenvalue weighted by Crippen LogP contribution is 2.33. The van der Waals surface area contributed by atoms with Crippen molar-refractivity contribution < 1.29 is 4.74 Å². The van der Waals surface area contributed by atoms with Gasteiger partial charge in [0.25, 0.3) is 0 Å². The highest BCUT2D eigenvalue weighted by molar-refractivity contribution is 5.41. The standard InChI is InChI=1S/C17H27NO/c1-12-6-7-16(14(10-12)17(3,4)5)19-15-8-9-18-11-13(15)2/h6-7,10,13,15,18H,8-9,11H2,1-5H3. The molecule has 2 atom stereocenters. The van der Waals surface area contributed by atoms with E-state index in [1.807, 2.05) is 0 Å². The van der Waals surface area contributed by atoms with Gasteiger partial charge >= 0.3 is 0 Å². The lowest BCUT2D eigenvalue weighted by Gasteiger charge is -2.32. The molecular formula is C17H27NO. The largest absolute Gasteiger partial charge is 0.490 e. The van der Waals surface area contributed by atoms with Crippen LogP contribution in [0.2, 0.25) is 0 Å². The van der Waals surface area contributed by atoms with Crippen LogP contribution in [0.15, 0.2) is 18.2 Å². The van der Waals surface area contributed by atoms with Crippen molar-refractivity contribution in [1.29, 1.82) is 0 Å². The smallest absolute Gasteiger partial charge is 0.123 e. The zero-order valence-corrected chi connectivity index (χ0v) is 12.9. The van der Waals surface area contributed by atoms with Crippen molar-refractivity contribution in [3.63, 3.8) is 0 Å². The minimum Gasteiger partial charge on any atom is -0.490 e. The van der Waals surface area contributed by atoms with Crippen molar-refractivity contribution in [2.75, 3.05) is 13.1 Å². The normalized spacial score (nSPS) is 24.3.